The van der Waals surface area contributed by atoms with Gasteiger partial charge in [-0.3, -0.25) is 9.59 Å². The maximum atomic E-state index is 14.4. The summed E-state index contributed by atoms with van der Waals surface area (Å²) < 4.78 is 35.6. The minimum Gasteiger partial charge on any atom is -0.487 e. The monoisotopic (exact) mass is 525 g/mol. The summed E-state index contributed by atoms with van der Waals surface area (Å²) in [7, 11) is 0. The van der Waals surface area contributed by atoms with Crippen LogP contribution in [0.2, 0.25) is 5.02 Å². The van der Waals surface area contributed by atoms with Crippen LogP contribution in [0.5, 0.6) is 5.75 Å². The predicted molar refractivity (Wildman–Crippen MR) is 132 cm³/mol. The summed E-state index contributed by atoms with van der Waals surface area (Å²) in [4.78, 5) is 30.3. The van der Waals surface area contributed by atoms with E-state index in [-0.39, 0.29) is 18.2 Å². The van der Waals surface area contributed by atoms with Gasteiger partial charge in [-0.05, 0) is 43.7 Å². The van der Waals surface area contributed by atoms with Gasteiger partial charge in [0.2, 0.25) is 0 Å². The molecule has 0 unspecified atom stereocenters. The highest BCUT2D eigenvalue weighted by Crippen LogP contribution is 2.34. The minimum absolute atomic E-state index is 0.0481. The van der Waals surface area contributed by atoms with Crippen LogP contribution in [0.4, 0.5) is 8.78 Å². The van der Waals surface area contributed by atoms with Crippen LogP contribution in [0.3, 0.4) is 0 Å². The predicted octanol–water partition coefficient (Wildman–Crippen LogP) is 4.26. The van der Waals surface area contributed by atoms with E-state index < -0.39 is 29.5 Å². The highest BCUT2D eigenvalue weighted by atomic mass is 35.5. The van der Waals surface area contributed by atoms with Crippen molar-refractivity contribution in [3.05, 3.63) is 82.3 Å². The van der Waals surface area contributed by atoms with Crippen LogP contribution in [0, 0.1) is 18.6 Å². The Morgan fingerprint density at radius 3 is 2.76 bits per heavy atom. The lowest BCUT2D eigenvalue weighted by Gasteiger charge is -2.33. The average molecular weight is 526 g/mol. The van der Waals surface area contributed by atoms with Crippen molar-refractivity contribution in [2.45, 2.75) is 26.5 Å². The number of para-hydroxylation sites is 1. The molecule has 0 bridgehead atoms. The molecule has 0 spiro atoms. The molecule has 1 fully saturated rings. The van der Waals surface area contributed by atoms with Crippen LogP contribution in [0.15, 0.2) is 48.8 Å². The molecular formula is C26H22ClF2N5O3. The molecule has 2 amide bonds. The fourth-order valence-corrected chi connectivity index (χ4v) is 4.77. The summed E-state index contributed by atoms with van der Waals surface area (Å²) in [6, 6.07) is 8.98. The molecule has 0 saturated carbocycles. The lowest BCUT2D eigenvalue weighted by molar-refractivity contribution is -0.149. The molecule has 2 aromatic heterocycles. The Kier molecular flexibility index (Phi) is 6.51. The van der Waals surface area contributed by atoms with Crippen molar-refractivity contribution in [2.75, 3.05) is 13.1 Å². The number of hydrogen-bond acceptors (Lipinski definition) is 5. The lowest BCUT2D eigenvalue weighted by Crippen LogP contribution is -2.52. The normalized spacial score (nSPS) is 14.7. The molecule has 1 aliphatic heterocycles. The number of benzene rings is 2. The molecular weight excluding hydrogens is 504 g/mol. The highest BCUT2D eigenvalue weighted by Gasteiger charge is 2.32. The number of amides is 2. The van der Waals surface area contributed by atoms with Crippen molar-refractivity contribution in [3.63, 3.8) is 0 Å². The molecule has 1 atom stereocenters. The second-order valence-corrected chi connectivity index (χ2v) is 9.12. The van der Waals surface area contributed by atoms with Gasteiger partial charge in [0.05, 0.1) is 29.1 Å². The van der Waals surface area contributed by atoms with Gasteiger partial charge < -0.3 is 15.0 Å². The van der Waals surface area contributed by atoms with Crippen LogP contribution < -0.4 is 10.1 Å². The first kappa shape index (κ1) is 24.6. The van der Waals surface area contributed by atoms with Gasteiger partial charge >= 0.3 is 11.8 Å². The number of aromatic nitrogens is 3. The lowest BCUT2D eigenvalue weighted by atomic mass is 9.99. The summed E-state index contributed by atoms with van der Waals surface area (Å²) in [5.41, 5.74) is 2.75. The number of rotatable bonds is 6. The van der Waals surface area contributed by atoms with Gasteiger partial charge in [-0.2, -0.15) is 5.10 Å². The average Bonchev–Trinajstić information content (AvgIpc) is 3.30. The Hall–Kier alpha value is -4.05. The van der Waals surface area contributed by atoms with Crippen molar-refractivity contribution >= 4 is 34.3 Å². The molecule has 5 rings (SSSR count). The first-order chi connectivity index (χ1) is 17.7. The summed E-state index contributed by atoms with van der Waals surface area (Å²) in [6.07, 6.45) is 2.40. The number of carbonyl (C=O) groups excluding carboxylic acids is 2. The largest absolute Gasteiger partial charge is 0.487 e. The Morgan fingerprint density at radius 2 is 2.00 bits per heavy atom. The van der Waals surface area contributed by atoms with Crippen molar-refractivity contribution in [3.8, 4) is 11.4 Å². The third-order valence-corrected chi connectivity index (χ3v) is 6.62. The SMILES string of the molecule is Cc1cc(-n2cc(F)cn2)c2cccc(OCc3c(Cl)cc(F)cc3[C@H](C)N3CCNC(=O)C3=O)c2n1. The molecule has 190 valence electrons. The number of piperazine rings is 1. The Labute approximate surface area is 215 Å². The fraction of sp³-hybridized carbons (Fsp3) is 0.231. The first-order valence-corrected chi connectivity index (χ1v) is 11.9. The zero-order chi connectivity index (χ0) is 26.3. The fourth-order valence-electron chi connectivity index (χ4n) is 4.50. The van der Waals surface area contributed by atoms with Crippen LogP contribution >= 0.6 is 11.6 Å². The van der Waals surface area contributed by atoms with Crippen molar-refractivity contribution in [1.82, 2.24) is 25.0 Å². The Balaban J connectivity index is 1.51. The third-order valence-electron chi connectivity index (χ3n) is 6.28. The molecule has 1 aliphatic rings. The summed E-state index contributed by atoms with van der Waals surface area (Å²) in [5.74, 6) is -2.00. The van der Waals surface area contributed by atoms with E-state index in [0.29, 0.717) is 45.7 Å². The molecule has 0 radical (unpaired) electrons. The molecule has 2 aromatic carbocycles. The second-order valence-electron chi connectivity index (χ2n) is 8.71. The number of nitrogens with zero attached hydrogens (tertiary/aromatic N) is 4. The smallest absolute Gasteiger partial charge is 0.312 e. The van der Waals surface area contributed by atoms with Crippen molar-refractivity contribution in [2.24, 2.45) is 0 Å². The number of hydrogen-bond donors (Lipinski definition) is 1. The maximum Gasteiger partial charge on any atom is 0.312 e. The van der Waals surface area contributed by atoms with E-state index in [9.17, 15) is 18.4 Å². The van der Waals surface area contributed by atoms with E-state index in [1.165, 1.54) is 27.9 Å². The van der Waals surface area contributed by atoms with Crippen LogP contribution in [0.1, 0.15) is 29.8 Å². The summed E-state index contributed by atoms with van der Waals surface area (Å²) >= 11 is 6.43. The van der Waals surface area contributed by atoms with Gasteiger partial charge in [-0.1, -0.05) is 23.7 Å². The number of fused-ring (bicyclic) bond motifs is 1. The van der Waals surface area contributed by atoms with Crippen LogP contribution in [-0.2, 0) is 16.2 Å². The second kappa shape index (κ2) is 9.78. The number of ether oxygens (including phenoxy) is 1. The summed E-state index contributed by atoms with van der Waals surface area (Å²) in [6.45, 7) is 4.05. The van der Waals surface area contributed by atoms with Gasteiger partial charge in [0.1, 0.15) is 23.7 Å². The Morgan fingerprint density at radius 1 is 1.19 bits per heavy atom. The summed E-state index contributed by atoms with van der Waals surface area (Å²) in [5, 5.41) is 7.39. The quantitative estimate of drug-likeness (QED) is 0.380. The van der Waals surface area contributed by atoms with Gasteiger partial charge in [0.15, 0.2) is 5.82 Å². The molecule has 4 aromatic rings. The zero-order valence-electron chi connectivity index (χ0n) is 20.0. The van der Waals surface area contributed by atoms with Crippen molar-refractivity contribution in [1.29, 1.82) is 0 Å². The molecule has 3 heterocycles. The number of pyridine rings is 1. The van der Waals surface area contributed by atoms with Crippen molar-refractivity contribution < 1.29 is 23.1 Å². The van der Waals surface area contributed by atoms with E-state index in [2.05, 4.69) is 15.4 Å². The van der Waals surface area contributed by atoms with Gasteiger partial charge in [-0.15, -0.1) is 0 Å². The number of nitrogens with one attached hydrogen (secondary N) is 1. The van der Waals surface area contributed by atoms with Crippen LogP contribution in [0.25, 0.3) is 16.6 Å². The number of aryl methyl sites for hydroxylation is 1. The topological polar surface area (TPSA) is 89.4 Å². The van der Waals surface area contributed by atoms with E-state index in [4.69, 9.17) is 16.3 Å². The van der Waals surface area contributed by atoms with Gasteiger partial charge in [0, 0.05) is 29.7 Å². The van der Waals surface area contributed by atoms with Gasteiger partial charge in [0.25, 0.3) is 0 Å². The molecule has 8 nitrogen and oxygen atoms in total. The van der Waals surface area contributed by atoms with Gasteiger partial charge in [-0.25, -0.2) is 18.4 Å². The molecule has 11 heteroatoms. The van der Waals surface area contributed by atoms with Crippen LogP contribution in [-0.4, -0.2) is 44.6 Å². The zero-order valence-corrected chi connectivity index (χ0v) is 20.7. The minimum atomic E-state index is -0.705. The van der Waals surface area contributed by atoms with E-state index in [0.717, 1.165) is 6.20 Å². The number of carbonyl (C=O) groups is 2. The first-order valence-electron chi connectivity index (χ1n) is 11.5. The Bertz CT molecular complexity index is 1540. The van der Waals surface area contributed by atoms with E-state index >= 15 is 0 Å². The highest BCUT2D eigenvalue weighted by molar-refractivity contribution is 6.35. The standard InChI is InChI=1S/C26H22ClF2N5O3/c1-14-8-22(34-12-17(29)11-31-34)18-4-3-5-23(24(18)32-14)37-13-20-19(9-16(28)10-21(20)27)15(2)33-7-6-30-25(35)26(33)36/h3-5,8-12,15H,6-7,13H2,1-2H3,(H,30,35)/t15-/m0/s1. The molecule has 1 saturated heterocycles. The third kappa shape index (κ3) is 4.72. The maximum absolute atomic E-state index is 14.4. The molecule has 37 heavy (non-hydrogen) atoms. The number of halogens is 3. The van der Waals surface area contributed by atoms with E-state index in [1.54, 1.807) is 25.1 Å². The molecule has 0 aliphatic carbocycles. The molecule has 1 N–H and O–H groups in total. The van der Waals surface area contributed by atoms with E-state index in [1.807, 2.05) is 13.0 Å².